The van der Waals surface area contributed by atoms with E-state index < -0.39 is 0 Å². The van der Waals surface area contributed by atoms with Crippen LogP contribution in [0.3, 0.4) is 0 Å². The minimum atomic E-state index is -0.0116. The Bertz CT molecular complexity index is 856. The maximum Gasteiger partial charge on any atom is 0.234 e. The number of nitrogens with one attached hydrogen (secondary N) is 1. The zero-order valence-electron chi connectivity index (χ0n) is 14.5. The van der Waals surface area contributed by atoms with Crippen molar-refractivity contribution in [1.29, 1.82) is 0 Å². The minimum absolute atomic E-state index is 0.0116. The lowest BCUT2D eigenvalue weighted by Gasteiger charge is -2.07. The van der Waals surface area contributed by atoms with E-state index >= 15 is 0 Å². The Morgan fingerprint density at radius 2 is 1.88 bits per heavy atom. The Morgan fingerprint density at radius 1 is 1.12 bits per heavy atom. The van der Waals surface area contributed by atoms with Crippen molar-refractivity contribution in [3.63, 3.8) is 0 Å². The first kappa shape index (κ1) is 17.4. The predicted molar refractivity (Wildman–Crippen MR) is 105 cm³/mol. The normalized spacial score (nSPS) is 10.8. The number of para-hydroxylation sites is 1. The number of anilines is 1. The molecule has 0 unspecified atom stereocenters. The summed E-state index contributed by atoms with van der Waals surface area (Å²) in [5, 5.41) is 4.13. The molecule has 130 valence electrons. The van der Waals surface area contributed by atoms with Crippen molar-refractivity contribution in [2.75, 3.05) is 17.7 Å². The standard InChI is InChI=1S/C20H22N2O2S/c1-3-22-13-19(17-7-5-6-8-18(17)22)25-14-20(23)21-15-9-11-16(12-10-15)24-4-2/h5-13H,3-4,14H2,1-2H3,(H,21,23). The number of thioether (sulfide) groups is 1. The van der Waals surface area contributed by atoms with Gasteiger partial charge in [0.15, 0.2) is 0 Å². The van der Waals surface area contributed by atoms with Gasteiger partial charge in [-0.25, -0.2) is 0 Å². The second-order valence-electron chi connectivity index (χ2n) is 5.59. The summed E-state index contributed by atoms with van der Waals surface area (Å²) in [7, 11) is 0. The highest BCUT2D eigenvalue weighted by Gasteiger charge is 2.10. The van der Waals surface area contributed by atoms with Crippen molar-refractivity contribution >= 4 is 34.3 Å². The van der Waals surface area contributed by atoms with Crippen LogP contribution >= 0.6 is 11.8 Å². The van der Waals surface area contributed by atoms with Crippen molar-refractivity contribution in [3.8, 4) is 5.75 Å². The number of carbonyl (C=O) groups is 1. The molecule has 25 heavy (non-hydrogen) atoms. The lowest BCUT2D eigenvalue weighted by molar-refractivity contribution is -0.113. The molecule has 0 aliphatic carbocycles. The van der Waals surface area contributed by atoms with Crippen LogP contribution in [0.1, 0.15) is 13.8 Å². The molecule has 0 saturated heterocycles. The number of ether oxygens (including phenoxy) is 1. The van der Waals surface area contributed by atoms with Gasteiger partial charge in [-0.2, -0.15) is 0 Å². The fourth-order valence-electron chi connectivity index (χ4n) is 2.73. The topological polar surface area (TPSA) is 43.3 Å². The van der Waals surface area contributed by atoms with Crippen LogP contribution in [0.25, 0.3) is 10.9 Å². The molecule has 1 aromatic heterocycles. The van der Waals surface area contributed by atoms with Crippen LogP contribution in [-0.4, -0.2) is 22.8 Å². The third-order valence-electron chi connectivity index (χ3n) is 3.90. The van der Waals surface area contributed by atoms with E-state index in [0.29, 0.717) is 12.4 Å². The van der Waals surface area contributed by atoms with Crippen LogP contribution in [0.2, 0.25) is 0 Å². The first-order chi connectivity index (χ1) is 12.2. The van der Waals surface area contributed by atoms with E-state index in [2.05, 4.69) is 35.1 Å². The van der Waals surface area contributed by atoms with Crippen molar-refractivity contribution in [1.82, 2.24) is 4.57 Å². The van der Waals surface area contributed by atoms with Gasteiger partial charge in [0.2, 0.25) is 5.91 Å². The lowest BCUT2D eigenvalue weighted by Crippen LogP contribution is -2.13. The van der Waals surface area contributed by atoms with E-state index in [1.165, 1.54) is 10.9 Å². The number of amides is 1. The molecule has 5 heteroatoms. The third kappa shape index (κ3) is 4.17. The van der Waals surface area contributed by atoms with Gasteiger partial charge in [0.05, 0.1) is 12.4 Å². The number of hydrogen-bond acceptors (Lipinski definition) is 3. The predicted octanol–water partition coefficient (Wildman–Crippen LogP) is 4.79. The highest BCUT2D eigenvalue weighted by molar-refractivity contribution is 8.00. The molecule has 0 fully saturated rings. The zero-order valence-corrected chi connectivity index (χ0v) is 15.3. The Morgan fingerprint density at radius 3 is 2.60 bits per heavy atom. The van der Waals surface area contributed by atoms with Crippen LogP contribution in [0, 0.1) is 0 Å². The van der Waals surface area contributed by atoms with Gasteiger partial charge in [0, 0.05) is 34.2 Å². The fraction of sp³-hybridized carbons (Fsp3) is 0.250. The molecule has 0 atom stereocenters. The van der Waals surface area contributed by atoms with Crippen LogP contribution in [0.4, 0.5) is 5.69 Å². The van der Waals surface area contributed by atoms with Gasteiger partial charge in [-0.1, -0.05) is 18.2 Å². The molecule has 0 aliphatic heterocycles. The van der Waals surface area contributed by atoms with E-state index in [-0.39, 0.29) is 5.91 Å². The van der Waals surface area contributed by atoms with Crippen molar-refractivity contribution in [2.45, 2.75) is 25.3 Å². The van der Waals surface area contributed by atoms with Crippen molar-refractivity contribution < 1.29 is 9.53 Å². The second kappa shape index (κ2) is 8.12. The first-order valence-electron chi connectivity index (χ1n) is 8.44. The molecule has 2 aromatic carbocycles. The minimum Gasteiger partial charge on any atom is -0.494 e. The molecule has 3 aromatic rings. The molecule has 4 nitrogen and oxygen atoms in total. The van der Waals surface area contributed by atoms with Crippen molar-refractivity contribution in [2.24, 2.45) is 0 Å². The van der Waals surface area contributed by atoms with Crippen LogP contribution in [0.15, 0.2) is 59.6 Å². The highest BCUT2D eigenvalue weighted by atomic mass is 32.2. The summed E-state index contributed by atoms with van der Waals surface area (Å²) in [5.41, 5.74) is 1.99. The summed E-state index contributed by atoms with van der Waals surface area (Å²) >= 11 is 1.57. The largest absolute Gasteiger partial charge is 0.494 e. The molecular weight excluding hydrogens is 332 g/mol. The number of aromatic nitrogens is 1. The number of carbonyl (C=O) groups excluding carboxylic acids is 1. The van der Waals surface area contributed by atoms with Gasteiger partial charge in [0.1, 0.15) is 5.75 Å². The molecule has 0 radical (unpaired) electrons. The molecule has 0 bridgehead atoms. The van der Waals surface area contributed by atoms with E-state index in [9.17, 15) is 4.79 Å². The molecule has 1 N–H and O–H groups in total. The average Bonchev–Trinajstić information content (AvgIpc) is 3.00. The quantitative estimate of drug-likeness (QED) is 0.620. The van der Waals surface area contributed by atoms with Gasteiger partial charge >= 0.3 is 0 Å². The molecule has 0 aliphatic rings. The monoisotopic (exact) mass is 354 g/mol. The summed E-state index contributed by atoms with van der Waals surface area (Å²) in [5.74, 6) is 1.18. The lowest BCUT2D eigenvalue weighted by atomic mass is 10.2. The zero-order chi connectivity index (χ0) is 17.6. The number of nitrogens with zero attached hydrogens (tertiary/aromatic N) is 1. The fourth-order valence-corrected chi connectivity index (χ4v) is 3.62. The Hall–Kier alpha value is -2.40. The highest BCUT2D eigenvalue weighted by Crippen LogP contribution is 2.30. The maximum absolute atomic E-state index is 12.2. The van der Waals surface area contributed by atoms with Gasteiger partial charge in [0.25, 0.3) is 0 Å². The summed E-state index contributed by atoms with van der Waals surface area (Å²) in [6, 6.07) is 15.7. The third-order valence-corrected chi connectivity index (χ3v) is 4.94. The summed E-state index contributed by atoms with van der Waals surface area (Å²) in [4.78, 5) is 13.4. The summed E-state index contributed by atoms with van der Waals surface area (Å²) < 4.78 is 7.62. The van der Waals surface area contributed by atoms with E-state index in [0.717, 1.165) is 22.9 Å². The number of rotatable bonds is 7. The average molecular weight is 354 g/mol. The Balaban J connectivity index is 1.62. The maximum atomic E-state index is 12.2. The molecule has 1 heterocycles. The summed E-state index contributed by atoms with van der Waals surface area (Å²) in [6.45, 7) is 5.62. The molecule has 1 amide bonds. The smallest absolute Gasteiger partial charge is 0.234 e. The van der Waals surface area contributed by atoms with Gasteiger partial charge in [-0.15, -0.1) is 11.8 Å². The second-order valence-corrected chi connectivity index (χ2v) is 6.61. The summed E-state index contributed by atoms with van der Waals surface area (Å²) in [6.07, 6.45) is 2.12. The van der Waals surface area contributed by atoms with E-state index in [4.69, 9.17) is 4.74 Å². The SMILES string of the molecule is CCOc1ccc(NC(=O)CSc2cn(CC)c3ccccc23)cc1. The molecule has 0 saturated carbocycles. The molecular formula is C20H22N2O2S. The van der Waals surface area contributed by atoms with E-state index in [1.54, 1.807) is 11.8 Å². The van der Waals surface area contributed by atoms with Gasteiger partial charge < -0.3 is 14.6 Å². The van der Waals surface area contributed by atoms with E-state index in [1.807, 2.05) is 43.3 Å². The molecule has 3 rings (SSSR count). The van der Waals surface area contributed by atoms with Gasteiger partial charge in [-0.3, -0.25) is 4.79 Å². The van der Waals surface area contributed by atoms with Gasteiger partial charge in [-0.05, 0) is 44.2 Å². The van der Waals surface area contributed by atoms with Crippen LogP contribution in [0.5, 0.6) is 5.75 Å². The molecule has 0 spiro atoms. The number of fused-ring (bicyclic) bond motifs is 1. The van der Waals surface area contributed by atoms with Crippen LogP contribution in [-0.2, 0) is 11.3 Å². The first-order valence-corrected chi connectivity index (χ1v) is 9.43. The number of aryl methyl sites for hydroxylation is 1. The van der Waals surface area contributed by atoms with Crippen molar-refractivity contribution in [3.05, 3.63) is 54.7 Å². The number of benzene rings is 2. The Kier molecular flexibility index (Phi) is 5.66. The van der Waals surface area contributed by atoms with Crippen LogP contribution < -0.4 is 10.1 Å². The Labute approximate surface area is 152 Å². The number of hydrogen-bond donors (Lipinski definition) is 1.